The fourth-order valence-corrected chi connectivity index (χ4v) is 5.56. The molecule has 2 aromatic heterocycles. The fourth-order valence-electron chi connectivity index (χ4n) is 5.56. The van der Waals surface area contributed by atoms with Crippen molar-refractivity contribution in [2.24, 2.45) is 5.92 Å². The number of carbonyl (C=O) groups excluding carboxylic acids is 1. The molecule has 10 nitrogen and oxygen atoms in total. The van der Waals surface area contributed by atoms with Gasteiger partial charge in [0, 0.05) is 6.54 Å². The number of benzene rings is 2. The van der Waals surface area contributed by atoms with Crippen LogP contribution in [0.4, 0.5) is 10.6 Å². The summed E-state index contributed by atoms with van der Waals surface area (Å²) in [5.74, 6) is 2.38. The minimum atomic E-state index is -1.27. The number of likely N-dealkylation sites (tertiary alicyclic amines) is 1. The molecule has 2 atom stereocenters. The first-order valence-electron chi connectivity index (χ1n) is 14.1. The third kappa shape index (κ3) is 5.65. The smallest absolute Gasteiger partial charge is 0.410 e. The maximum atomic E-state index is 12.9. The van der Waals surface area contributed by atoms with E-state index in [0.29, 0.717) is 49.8 Å². The predicted molar refractivity (Wildman–Crippen MR) is 154 cm³/mol. The van der Waals surface area contributed by atoms with Crippen LogP contribution < -0.4 is 14.8 Å². The number of aliphatic hydroxyl groups is 1. The Morgan fingerprint density at radius 1 is 1.12 bits per heavy atom. The van der Waals surface area contributed by atoms with Gasteiger partial charge in [-0.1, -0.05) is 50.2 Å². The molecular formula is C31H35N5O5. The van der Waals surface area contributed by atoms with Crippen molar-refractivity contribution >= 4 is 22.9 Å². The highest BCUT2D eigenvalue weighted by atomic mass is 16.6. The summed E-state index contributed by atoms with van der Waals surface area (Å²) in [6.45, 7) is 6.19. The third-order valence-electron chi connectivity index (χ3n) is 7.75. The molecule has 6 rings (SSSR count). The van der Waals surface area contributed by atoms with Crippen LogP contribution in [0, 0.1) is 5.92 Å². The number of carbonyl (C=O) groups is 1. The molecule has 1 amide bonds. The molecule has 4 heterocycles. The van der Waals surface area contributed by atoms with Gasteiger partial charge in [-0.2, -0.15) is 0 Å². The zero-order valence-corrected chi connectivity index (χ0v) is 23.3. The number of β-amino-alcohol motifs (C(OH)–C–C–N with tert-alkyl or cyclic N) is 1. The van der Waals surface area contributed by atoms with Gasteiger partial charge >= 0.3 is 6.09 Å². The van der Waals surface area contributed by atoms with Gasteiger partial charge in [-0.05, 0) is 48.1 Å². The number of rotatable bonds is 7. The van der Waals surface area contributed by atoms with E-state index in [4.69, 9.17) is 14.2 Å². The van der Waals surface area contributed by atoms with Gasteiger partial charge in [-0.15, -0.1) is 0 Å². The number of piperidine rings is 1. The molecule has 0 radical (unpaired) electrons. The van der Waals surface area contributed by atoms with Crippen molar-refractivity contribution in [3.05, 3.63) is 77.7 Å². The molecule has 0 unspecified atom stereocenters. The maximum absolute atomic E-state index is 12.9. The molecule has 10 heteroatoms. The molecule has 41 heavy (non-hydrogen) atoms. The number of aromatic nitrogens is 3. The summed E-state index contributed by atoms with van der Waals surface area (Å²) in [5, 5.41) is 16.1. The van der Waals surface area contributed by atoms with Crippen LogP contribution in [0.1, 0.15) is 49.6 Å². The van der Waals surface area contributed by atoms with E-state index in [0.717, 1.165) is 28.0 Å². The number of anilines is 1. The lowest BCUT2D eigenvalue weighted by atomic mass is 9.90. The number of nitrogens with zero attached hydrogens (tertiary/aromatic N) is 3. The van der Waals surface area contributed by atoms with Crippen LogP contribution in [-0.2, 0) is 16.9 Å². The Kier molecular flexibility index (Phi) is 7.40. The standard InChI is InChI=1S/C31H35N5O5/c1-20(2)27(22-9-10-24-25(15-22)40-14-13-39-24)35-29-23-16-26(34-28(23)32-19-33-29)31(38)11-6-12-36(18-31)30(37)41-17-21-7-4-3-5-8-21/h3-5,7-10,15-16,19-20,27,38H,6,11-14,17-18H2,1-2H3,(H2,32,33,34,35)/t27-,31-/m1/s1. The van der Waals surface area contributed by atoms with Crippen molar-refractivity contribution in [3.63, 3.8) is 0 Å². The number of fused-ring (bicyclic) bond motifs is 2. The van der Waals surface area contributed by atoms with Crippen molar-refractivity contribution in [2.45, 2.75) is 44.9 Å². The number of ether oxygens (including phenoxy) is 3. The summed E-state index contributed by atoms with van der Waals surface area (Å²) >= 11 is 0. The number of hydrogen-bond acceptors (Lipinski definition) is 8. The second-order valence-corrected chi connectivity index (χ2v) is 11.0. The van der Waals surface area contributed by atoms with E-state index in [9.17, 15) is 9.90 Å². The number of aromatic amines is 1. The Balaban J connectivity index is 1.21. The van der Waals surface area contributed by atoms with Gasteiger partial charge in [-0.25, -0.2) is 14.8 Å². The zero-order chi connectivity index (χ0) is 28.4. The van der Waals surface area contributed by atoms with E-state index < -0.39 is 11.7 Å². The molecule has 0 saturated carbocycles. The molecule has 0 aliphatic carbocycles. The lowest BCUT2D eigenvalue weighted by Crippen LogP contribution is -2.48. The second-order valence-electron chi connectivity index (χ2n) is 11.0. The van der Waals surface area contributed by atoms with E-state index in [-0.39, 0.29) is 25.1 Å². The topological polar surface area (TPSA) is 122 Å². The van der Waals surface area contributed by atoms with Crippen molar-refractivity contribution in [1.29, 1.82) is 0 Å². The summed E-state index contributed by atoms with van der Waals surface area (Å²) in [6, 6.07) is 17.4. The summed E-state index contributed by atoms with van der Waals surface area (Å²) in [6.07, 6.45) is 2.21. The highest BCUT2D eigenvalue weighted by molar-refractivity contribution is 5.88. The van der Waals surface area contributed by atoms with Gasteiger partial charge in [0.1, 0.15) is 43.2 Å². The van der Waals surface area contributed by atoms with Crippen molar-refractivity contribution < 1.29 is 24.1 Å². The van der Waals surface area contributed by atoms with Gasteiger partial charge in [-0.3, -0.25) is 0 Å². The van der Waals surface area contributed by atoms with Crippen LogP contribution in [-0.4, -0.2) is 57.4 Å². The van der Waals surface area contributed by atoms with Crippen molar-refractivity contribution in [1.82, 2.24) is 19.9 Å². The Hall–Kier alpha value is -4.31. The van der Waals surface area contributed by atoms with Crippen LogP contribution in [0.15, 0.2) is 60.9 Å². The molecule has 1 fully saturated rings. The Bertz CT molecular complexity index is 1520. The zero-order valence-electron chi connectivity index (χ0n) is 23.3. The lowest BCUT2D eigenvalue weighted by Gasteiger charge is -2.38. The molecule has 214 valence electrons. The highest BCUT2D eigenvalue weighted by Crippen LogP contribution is 2.38. The average Bonchev–Trinajstić information content (AvgIpc) is 3.45. The predicted octanol–water partition coefficient (Wildman–Crippen LogP) is 5.16. The number of hydrogen-bond donors (Lipinski definition) is 3. The van der Waals surface area contributed by atoms with Crippen LogP contribution >= 0.6 is 0 Å². The SMILES string of the molecule is CC(C)[C@@H](Nc1ncnc2[nH]c([C@@]3(O)CCCN(C(=O)OCc4ccccc4)C3)cc12)c1ccc2c(c1)OCCO2. The summed E-state index contributed by atoms with van der Waals surface area (Å²) in [5.41, 5.74) is 1.91. The van der Waals surface area contributed by atoms with E-state index >= 15 is 0 Å². The van der Waals surface area contributed by atoms with E-state index in [1.807, 2.05) is 54.6 Å². The van der Waals surface area contributed by atoms with Crippen LogP contribution in [0.3, 0.4) is 0 Å². The van der Waals surface area contributed by atoms with E-state index in [1.54, 1.807) is 4.90 Å². The molecule has 0 bridgehead atoms. The van der Waals surface area contributed by atoms with Gasteiger partial charge in [0.15, 0.2) is 11.5 Å². The molecular weight excluding hydrogens is 522 g/mol. The quantitative estimate of drug-likeness (QED) is 0.285. The Morgan fingerprint density at radius 3 is 2.73 bits per heavy atom. The monoisotopic (exact) mass is 557 g/mol. The van der Waals surface area contributed by atoms with Gasteiger partial charge in [0.25, 0.3) is 0 Å². The van der Waals surface area contributed by atoms with Crippen molar-refractivity contribution in [3.8, 4) is 11.5 Å². The van der Waals surface area contributed by atoms with Gasteiger partial charge < -0.3 is 34.5 Å². The number of nitrogens with one attached hydrogen (secondary N) is 2. The molecule has 3 N–H and O–H groups in total. The van der Waals surface area contributed by atoms with E-state index in [1.165, 1.54) is 6.33 Å². The van der Waals surface area contributed by atoms with Crippen LogP contribution in [0.5, 0.6) is 11.5 Å². The first-order valence-corrected chi connectivity index (χ1v) is 14.1. The maximum Gasteiger partial charge on any atom is 0.410 e. The second kappa shape index (κ2) is 11.3. The number of amides is 1. The Morgan fingerprint density at radius 2 is 1.93 bits per heavy atom. The van der Waals surface area contributed by atoms with Gasteiger partial charge in [0.05, 0.1) is 23.7 Å². The lowest BCUT2D eigenvalue weighted by molar-refractivity contribution is -0.0373. The summed E-state index contributed by atoms with van der Waals surface area (Å²) in [7, 11) is 0. The average molecular weight is 558 g/mol. The summed E-state index contributed by atoms with van der Waals surface area (Å²) in [4.78, 5) is 26.7. The highest BCUT2D eigenvalue weighted by Gasteiger charge is 2.39. The normalized spacial score (nSPS) is 19.3. The minimum Gasteiger partial charge on any atom is -0.486 e. The molecule has 2 aliphatic rings. The van der Waals surface area contributed by atoms with E-state index in [2.05, 4.69) is 34.1 Å². The van der Waals surface area contributed by atoms with Crippen molar-refractivity contribution in [2.75, 3.05) is 31.6 Å². The minimum absolute atomic E-state index is 0.0603. The van der Waals surface area contributed by atoms with Gasteiger partial charge in [0.2, 0.25) is 0 Å². The number of H-pyrrole nitrogens is 1. The third-order valence-corrected chi connectivity index (χ3v) is 7.75. The summed E-state index contributed by atoms with van der Waals surface area (Å²) < 4.78 is 17.0. The molecule has 1 saturated heterocycles. The molecule has 2 aliphatic heterocycles. The molecule has 0 spiro atoms. The largest absolute Gasteiger partial charge is 0.486 e. The molecule has 4 aromatic rings. The Labute approximate surface area is 238 Å². The fraction of sp³-hybridized carbons (Fsp3) is 0.387. The first-order chi connectivity index (χ1) is 19.9. The van der Waals surface area contributed by atoms with Crippen LogP contribution in [0.25, 0.3) is 11.0 Å². The van der Waals surface area contributed by atoms with Crippen LogP contribution in [0.2, 0.25) is 0 Å². The first kappa shape index (κ1) is 26.9. The molecule has 2 aromatic carbocycles.